The molecule has 1 saturated heterocycles. The maximum atomic E-state index is 13.2. The van der Waals surface area contributed by atoms with Crippen LogP contribution >= 0.6 is 0 Å². The third-order valence-corrected chi connectivity index (χ3v) is 5.97. The summed E-state index contributed by atoms with van der Waals surface area (Å²) in [6.07, 6.45) is -0.0795. The number of aliphatic hydroxyl groups excluding tert-OH is 1. The van der Waals surface area contributed by atoms with E-state index in [9.17, 15) is 24.8 Å². The van der Waals surface area contributed by atoms with E-state index in [2.05, 4.69) is 4.90 Å². The Labute approximate surface area is 204 Å². The maximum Gasteiger partial charge on any atom is 0.295 e. The number of likely N-dealkylation sites (N-methyl/N-ethyl adjacent to an activating group) is 1. The molecule has 9 heteroatoms. The second-order valence-electron chi connectivity index (χ2n) is 8.57. The number of ketones is 1. The van der Waals surface area contributed by atoms with Crippen molar-refractivity contribution in [3.8, 4) is 5.75 Å². The molecule has 186 valence electrons. The number of nitro benzene ring substituents is 1. The molecule has 1 fully saturated rings. The van der Waals surface area contributed by atoms with Crippen LogP contribution in [0.5, 0.6) is 5.75 Å². The van der Waals surface area contributed by atoms with Crippen molar-refractivity contribution in [3.63, 3.8) is 0 Å². The molecule has 3 rings (SSSR count). The minimum atomic E-state index is -0.861. The Morgan fingerprint density at radius 2 is 1.83 bits per heavy atom. The molecule has 1 aliphatic rings. The minimum Gasteiger partial charge on any atom is -0.507 e. The highest BCUT2D eigenvalue weighted by molar-refractivity contribution is 6.46. The molecule has 1 atom stereocenters. The zero-order valence-corrected chi connectivity index (χ0v) is 20.4. The van der Waals surface area contributed by atoms with Crippen LogP contribution < -0.4 is 4.74 Å². The van der Waals surface area contributed by atoms with E-state index < -0.39 is 28.4 Å². The van der Waals surface area contributed by atoms with Crippen molar-refractivity contribution in [2.45, 2.75) is 39.8 Å². The van der Waals surface area contributed by atoms with Gasteiger partial charge in [0.2, 0.25) is 0 Å². The van der Waals surface area contributed by atoms with Crippen LogP contribution in [-0.4, -0.2) is 63.8 Å². The SMILES string of the molecule is CCN(CC)CCN1C(=O)C(=O)/C(=C(\O)c2cccc([N+](=O)[O-])c2)C1c1cccc(OC(C)C)c1. The van der Waals surface area contributed by atoms with Gasteiger partial charge in [0.25, 0.3) is 17.4 Å². The van der Waals surface area contributed by atoms with E-state index in [0.717, 1.165) is 13.1 Å². The van der Waals surface area contributed by atoms with Gasteiger partial charge in [0, 0.05) is 30.8 Å². The molecular formula is C26H31N3O6. The Hall–Kier alpha value is -3.72. The van der Waals surface area contributed by atoms with Gasteiger partial charge < -0.3 is 19.6 Å². The first kappa shape index (κ1) is 25.9. The maximum absolute atomic E-state index is 13.2. The molecule has 0 spiro atoms. The summed E-state index contributed by atoms with van der Waals surface area (Å²) in [6.45, 7) is 10.2. The summed E-state index contributed by atoms with van der Waals surface area (Å²) in [5, 5.41) is 22.4. The lowest BCUT2D eigenvalue weighted by Crippen LogP contribution is -2.38. The van der Waals surface area contributed by atoms with Gasteiger partial charge in [-0.1, -0.05) is 38.1 Å². The number of carbonyl (C=O) groups is 2. The van der Waals surface area contributed by atoms with E-state index in [1.807, 2.05) is 27.7 Å². The smallest absolute Gasteiger partial charge is 0.295 e. The van der Waals surface area contributed by atoms with Crippen LogP contribution in [0.1, 0.15) is 44.9 Å². The highest BCUT2D eigenvalue weighted by Crippen LogP contribution is 2.40. The monoisotopic (exact) mass is 481 g/mol. The second-order valence-corrected chi connectivity index (χ2v) is 8.57. The molecule has 9 nitrogen and oxygen atoms in total. The van der Waals surface area contributed by atoms with Crippen molar-refractivity contribution in [2.24, 2.45) is 0 Å². The quantitative estimate of drug-likeness (QED) is 0.178. The van der Waals surface area contributed by atoms with Crippen molar-refractivity contribution in [1.29, 1.82) is 0 Å². The summed E-state index contributed by atoms with van der Waals surface area (Å²) in [5.41, 5.74) is 0.375. The second kappa shape index (κ2) is 11.1. The Morgan fingerprint density at radius 3 is 2.46 bits per heavy atom. The largest absolute Gasteiger partial charge is 0.507 e. The fourth-order valence-electron chi connectivity index (χ4n) is 4.20. The topological polar surface area (TPSA) is 113 Å². The fraction of sp³-hybridized carbons (Fsp3) is 0.385. The highest BCUT2D eigenvalue weighted by atomic mass is 16.6. The lowest BCUT2D eigenvalue weighted by atomic mass is 9.95. The number of aliphatic hydroxyl groups is 1. The van der Waals surface area contributed by atoms with Gasteiger partial charge in [-0.05, 0) is 44.6 Å². The molecule has 1 heterocycles. The lowest BCUT2D eigenvalue weighted by molar-refractivity contribution is -0.384. The molecule has 2 aromatic rings. The summed E-state index contributed by atoms with van der Waals surface area (Å²) in [5.74, 6) is -1.42. The molecule has 0 aliphatic carbocycles. The molecule has 35 heavy (non-hydrogen) atoms. The molecule has 2 aromatic carbocycles. The summed E-state index contributed by atoms with van der Waals surface area (Å²) in [7, 11) is 0. The number of ether oxygens (including phenoxy) is 1. The van der Waals surface area contributed by atoms with Gasteiger partial charge in [0.15, 0.2) is 0 Å². The van der Waals surface area contributed by atoms with Gasteiger partial charge in [0.05, 0.1) is 22.6 Å². The highest BCUT2D eigenvalue weighted by Gasteiger charge is 2.46. The molecule has 0 saturated carbocycles. The van der Waals surface area contributed by atoms with Gasteiger partial charge >= 0.3 is 0 Å². The minimum absolute atomic E-state index is 0.0795. The zero-order chi connectivity index (χ0) is 25.7. The van der Waals surface area contributed by atoms with E-state index in [1.165, 1.54) is 29.2 Å². The number of Topliss-reactive ketones (excluding diaryl/α,β-unsaturated/α-hetero) is 1. The number of benzene rings is 2. The van der Waals surface area contributed by atoms with Crippen molar-refractivity contribution in [2.75, 3.05) is 26.2 Å². The predicted molar refractivity (Wildman–Crippen MR) is 132 cm³/mol. The van der Waals surface area contributed by atoms with Gasteiger partial charge in [0.1, 0.15) is 11.5 Å². The Balaban J connectivity index is 2.14. The van der Waals surface area contributed by atoms with Crippen LogP contribution in [0, 0.1) is 10.1 Å². The first-order valence-corrected chi connectivity index (χ1v) is 11.7. The Morgan fingerprint density at radius 1 is 1.14 bits per heavy atom. The number of nitrogens with zero attached hydrogens (tertiary/aromatic N) is 3. The van der Waals surface area contributed by atoms with Gasteiger partial charge in [-0.2, -0.15) is 0 Å². The van der Waals surface area contributed by atoms with E-state index >= 15 is 0 Å². The summed E-state index contributed by atoms with van der Waals surface area (Å²) in [6, 6.07) is 11.6. The average molecular weight is 482 g/mol. The molecule has 0 bridgehead atoms. The van der Waals surface area contributed by atoms with Crippen LogP contribution in [0.3, 0.4) is 0 Å². The first-order valence-electron chi connectivity index (χ1n) is 11.7. The molecule has 1 N–H and O–H groups in total. The van der Waals surface area contributed by atoms with E-state index in [0.29, 0.717) is 17.9 Å². The van der Waals surface area contributed by atoms with E-state index in [1.54, 1.807) is 24.3 Å². The summed E-state index contributed by atoms with van der Waals surface area (Å²) >= 11 is 0. The number of non-ortho nitro benzene ring substituents is 1. The standard InChI is InChI=1S/C26H31N3O6/c1-5-27(6-2)13-14-28-23(18-9-8-12-21(16-18)35-17(3)4)22(25(31)26(28)32)24(30)19-10-7-11-20(15-19)29(33)34/h7-12,15-17,23,30H,5-6,13-14H2,1-4H3/b24-22-. The number of hydrogen-bond acceptors (Lipinski definition) is 7. The first-order chi connectivity index (χ1) is 16.7. The molecule has 0 radical (unpaired) electrons. The third kappa shape index (κ3) is 5.68. The van der Waals surface area contributed by atoms with Gasteiger partial charge in [-0.25, -0.2) is 0 Å². The number of hydrogen-bond donors (Lipinski definition) is 1. The molecule has 1 aliphatic heterocycles. The fourth-order valence-corrected chi connectivity index (χ4v) is 4.20. The van der Waals surface area contributed by atoms with Crippen LogP contribution in [-0.2, 0) is 9.59 Å². The van der Waals surface area contributed by atoms with Gasteiger partial charge in [-0.3, -0.25) is 19.7 Å². The molecule has 1 unspecified atom stereocenters. The predicted octanol–water partition coefficient (Wildman–Crippen LogP) is 4.15. The number of nitro groups is 1. The normalized spacial score (nSPS) is 17.4. The Kier molecular flexibility index (Phi) is 8.24. The number of carbonyl (C=O) groups excluding carboxylic acids is 2. The number of likely N-dealkylation sites (tertiary alicyclic amines) is 1. The van der Waals surface area contributed by atoms with Crippen LogP contribution in [0.15, 0.2) is 54.1 Å². The van der Waals surface area contributed by atoms with Crippen molar-refractivity contribution < 1.29 is 24.4 Å². The summed E-state index contributed by atoms with van der Waals surface area (Å²) in [4.78, 5) is 40.6. The third-order valence-electron chi connectivity index (χ3n) is 5.97. The van der Waals surface area contributed by atoms with Crippen molar-refractivity contribution in [1.82, 2.24) is 9.80 Å². The van der Waals surface area contributed by atoms with Crippen LogP contribution in [0.4, 0.5) is 5.69 Å². The number of rotatable bonds is 10. The lowest BCUT2D eigenvalue weighted by Gasteiger charge is -2.28. The zero-order valence-electron chi connectivity index (χ0n) is 20.4. The van der Waals surface area contributed by atoms with Crippen LogP contribution in [0.2, 0.25) is 0 Å². The summed E-state index contributed by atoms with van der Waals surface area (Å²) < 4.78 is 5.81. The van der Waals surface area contributed by atoms with Crippen molar-refractivity contribution in [3.05, 3.63) is 75.3 Å². The number of amides is 1. The average Bonchev–Trinajstić information content (AvgIpc) is 3.09. The van der Waals surface area contributed by atoms with Crippen LogP contribution in [0.25, 0.3) is 5.76 Å². The Bertz CT molecular complexity index is 1140. The van der Waals surface area contributed by atoms with Gasteiger partial charge in [-0.15, -0.1) is 0 Å². The molecule has 0 aromatic heterocycles. The van der Waals surface area contributed by atoms with E-state index in [4.69, 9.17) is 4.74 Å². The molecular weight excluding hydrogens is 450 g/mol. The van der Waals surface area contributed by atoms with Crippen molar-refractivity contribution >= 4 is 23.1 Å². The van der Waals surface area contributed by atoms with E-state index in [-0.39, 0.29) is 29.5 Å². The molecule has 1 amide bonds.